The standard InChI is InChI=1S/C13H17NO6/c1-6-8(12(17)19-2)4-7(5-9(6)14)10(15)11(16)13(18)20-3/h4-5,10-11,15-16H,14H2,1-3H3. The number of nitrogen functional groups attached to an aromatic ring is 1. The molecule has 1 aromatic rings. The van der Waals surface area contributed by atoms with E-state index >= 15 is 0 Å². The van der Waals surface area contributed by atoms with Crippen molar-refractivity contribution in [2.24, 2.45) is 0 Å². The Bertz CT molecular complexity index is 528. The molecular formula is C13H17NO6. The van der Waals surface area contributed by atoms with Gasteiger partial charge in [-0.3, -0.25) is 0 Å². The maximum Gasteiger partial charge on any atom is 0.338 e. The van der Waals surface area contributed by atoms with E-state index in [4.69, 9.17) is 5.73 Å². The van der Waals surface area contributed by atoms with Crippen LogP contribution < -0.4 is 5.73 Å². The van der Waals surface area contributed by atoms with Crippen LogP contribution in [0.4, 0.5) is 5.69 Å². The minimum absolute atomic E-state index is 0.117. The molecule has 110 valence electrons. The number of anilines is 1. The van der Waals surface area contributed by atoms with Gasteiger partial charge in [0.15, 0.2) is 6.10 Å². The average Bonchev–Trinajstić information content (AvgIpc) is 2.46. The Kier molecular flexibility index (Phi) is 5.06. The van der Waals surface area contributed by atoms with Crippen molar-refractivity contribution in [1.29, 1.82) is 0 Å². The second-order valence-corrected chi connectivity index (χ2v) is 4.19. The van der Waals surface area contributed by atoms with Crippen molar-refractivity contribution < 1.29 is 29.3 Å². The van der Waals surface area contributed by atoms with Crippen LogP contribution in [0, 0.1) is 6.92 Å². The molecule has 0 fully saturated rings. The Morgan fingerprint density at radius 1 is 1.20 bits per heavy atom. The molecule has 1 aromatic carbocycles. The molecule has 0 heterocycles. The van der Waals surface area contributed by atoms with Crippen LogP contribution in [-0.2, 0) is 14.3 Å². The predicted molar refractivity (Wildman–Crippen MR) is 69.9 cm³/mol. The van der Waals surface area contributed by atoms with Crippen molar-refractivity contribution in [1.82, 2.24) is 0 Å². The zero-order valence-electron chi connectivity index (χ0n) is 11.4. The van der Waals surface area contributed by atoms with Crippen LogP contribution in [0.2, 0.25) is 0 Å². The summed E-state index contributed by atoms with van der Waals surface area (Å²) in [6.07, 6.45) is -3.33. The monoisotopic (exact) mass is 283 g/mol. The maximum atomic E-state index is 11.6. The lowest BCUT2D eigenvalue weighted by atomic mass is 9.97. The van der Waals surface area contributed by atoms with Crippen LogP contribution in [0.5, 0.6) is 0 Å². The minimum atomic E-state index is -1.77. The minimum Gasteiger partial charge on any atom is -0.467 e. The predicted octanol–water partition coefficient (Wildman–Crippen LogP) is -0.0689. The van der Waals surface area contributed by atoms with E-state index in [2.05, 4.69) is 9.47 Å². The van der Waals surface area contributed by atoms with Crippen LogP contribution in [0.1, 0.15) is 27.6 Å². The Morgan fingerprint density at radius 3 is 2.30 bits per heavy atom. The molecule has 0 aromatic heterocycles. The van der Waals surface area contributed by atoms with Gasteiger partial charge in [0.1, 0.15) is 6.10 Å². The summed E-state index contributed by atoms with van der Waals surface area (Å²) in [5.74, 6) is -1.62. The van der Waals surface area contributed by atoms with Gasteiger partial charge in [0, 0.05) is 5.69 Å². The van der Waals surface area contributed by atoms with Crippen molar-refractivity contribution in [3.05, 3.63) is 28.8 Å². The number of aliphatic hydroxyl groups is 2. The lowest BCUT2D eigenvalue weighted by Gasteiger charge is -2.18. The van der Waals surface area contributed by atoms with Gasteiger partial charge in [-0.05, 0) is 30.2 Å². The normalized spacial score (nSPS) is 13.4. The summed E-state index contributed by atoms with van der Waals surface area (Å²) in [5.41, 5.74) is 6.73. The number of carbonyl (C=O) groups is 2. The van der Waals surface area contributed by atoms with Crippen LogP contribution >= 0.6 is 0 Å². The Labute approximate surface area is 115 Å². The topological polar surface area (TPSA) is 119 Å². The van der Waals surface area contributed by atoms with E-state index < -0.39 is 24.1 Å². The number of carbonyl (C=O) groups excluding carboxylic acids is 2. The number of hydrogen-bond acceptors (Lipinski definition) is 7. The summed E-state index contributed by atoms with van der Waals surface area (Å²) in [4.78, 5) is 22.8. The van der Waals surface area contributed by atoms with E-state index in [-0.39, 0.29) is 16.8 Å². The smallest absolute Gasteiger partial charge is 0.338 e. The second kappa shape index (κ2) is 6.36. The summed E-state index contributed by atoms with van der Waals surface area (Å²) in [5, 5.41) is 19.5. The van der Waals surface area contributed by atoms with Gasteiger partial charge in [0.2, 0.25) is 0 Å². The highest BCUT2D eigenvalue weighted by molar-refractivity contribution is 5.93. The number of benzene rings is 1. The van der Waals surface area contributed by atoms with Crippen molar-refractivity contribution in [2.45, 2.75) is 19.1 Å². The molecular weight excluding hydrogens is 266 g/mol. The number of ether oxygens (including phenoxy) is 2. The van der Waals surface area contributed by atoms with Crippen LogP contribution in [-0.4, -0.2) is 42.5 Å². The third-order valence-electron chi connectivity index (χ3n) is 2.96. The molecule has 2 unspecified atom stereocenters. The lowest BCUT2D eigenvalue weighted by Crippen LogP contribution is -2.29. The maximum absolute atomic E-state index is 11.6. The van der Waals surface area contributed by atoms with Gasteiger partial charge in [-0.15, -0.1) is 0 Å². The third-order valence-corrected chi connectivity index (χ3v) is 2.96. The largest absolute Gasteiger partial charge is 0.467 e. The van der Waals surface area contributed by atoms with Gasteiger partial charge in [-0.25, -0.2) is 9.59 Å². The first-order valence-electron chi connectivity index (χ1n) is 5.75. The molecule has 0 saturated heterocycles. The highest BCUT2D eigenvalue weighted by Gasteiger charge is 2.28. The molecule has 7 heteroatoms. The molecule has 0 radical (unpaired) electrons. The number of nitrogens with two attached hydrogens (primary N) is 1. The fourth-order valence-corrected chi connectivity index (χ4v) is 1.68. The van der Waals surface area contributed by atoms with E-state index in [0.29, 0.717) is 5.56 Å². The molecule has 1 rings (SSSR count). The number of rotatable bonds is 4. The van der Waals surface area contributed by atoms with Crippen molar-refractivity contribution in [3.8, 4) is 0 Å². The number of methoxy groups -OCH3 is 2. The highest BCUT2D eigenvalue weighted by Crippen LogP contribution is 2.26. The molecule has 2 atom stereocenters. The molecule has 0 aliphatic heterocycles. The fourth-order valence-electron chi connectivity index (χ4n) is 1.68. The Hall–Kier alpha value is -2.12. The molecule has 20 heavy (non-hydrogen) atoms. The van der Waals surface area contributed by atoms with Gasteiger partial charge in [-0.1, -0.05) is 0 Å². The molecule has 7 nitrogen and oxygen atoms in total. The zero-order chi connectivity index (χ0) is 15.4. The van der Waals surface area contributed by atoms with Crippen molar-refractivity contribution in [2.75, 3.05) is 20.0 Å². The summed E-state index contributed by atoms with van der Waals surface area (Å²) in [6, 6.07) is 2.69. The average molecular weight is 283 g/mol. The van der Waals surface area contributed by atoms with Gasteiger partial charge >= 0.3 is 11.9 Å². The van der Waals surface area contributed by atoms with Crippen LogP contribution in [0.15, 0.2) is 12.1 Å². The molecule has 4 N–H and O–H groups in total. The van der Waals surface area contributed by atoms with Crippen molar-refractivity contribution >= 4 is 17.6 Å². The summed E-state index contributed by atoms with van der Waals surface area (Å²) >= 11 is 0. The Morgan fingerprint density at radius 2 is 1.80 bits per heavy atom. The van der Waals surface area contributed by atoms with Gasteiger partial charge in [-0.2, -0.15) is 0 Å². The van der Waals surface area contributed by atoms with Crippen LogP contribution in [0.3, 0.4) is 0 Å². The number of esters is 2. The zero-order valence-corrected chi connectivity index (χ0v) is 11.4. The summed E-state index contributed by atoms with van der Waals surface area (Å²) < 4.78 is 8.94. The molecule has 0 amide bonds. The fraction of sp³-hybridized carbons (Fsp3) is 0.385. The Balaban J connectivity index is 3.23. The van der Waals surface area contributed by atoms with E-state index in [1.165, 1.54) is 19.2 Å². The van der Waals surface area contributed by atoms with Gasteiger partial charge < -0.3 is 25.4 Å². The van der Waals surface area contributed by atoms with Gasteiger partial charge in [0.05, 0.1) is 19.8 Å². The highest BCUT2D eigenvalue weighted by atomic mass is 16.5. The van der Waals surface area contributed by atoms with Gasteiger partial charge in [0.25, 0.3) is 0 Å². The first-order valence-corrected chi connectivity index (χ1v) is 5.75. The molecule has 0 bridgehead atoms. The molecule has 0 spiro atoms. The molecule has 0 aliphatic carbocycles. The first-order chi connectivity index (χ1) is 9.33. The SMILES string of the molecule is COC(=O)c1cc(C(O)C(O)C(=O)OC)cc(N)c1C. The van der Waals surface area contributed by atoms with E-state index in [9.17, 15) is 19.8 Å². The summed E-state index contributed by atoms with van der Waals surface area (Å²) in [7, 11) is 2.30. The lowest BCUT2D eigenvalue weighted by molar-refractivity contribution is -0.156. The van der Waals surface area contributed by atoms with E-state index in [1.54, 1.807) is 6.92 Å². The van der Waals surface area contributed by atoms with Crippen molar-refractivity contribution in [3.63, 3.8) is 0 Å². The second-order valence-electron chi connectivity index (χ2n) is 4.19. The first kappa shape index (κ1) is 15.9. The third kappa shape index (κ3) is 3.06. The summed E-state index contributed by atoms with van der Waals surface area (Å²) in [6.45, 7) is 1.62. The molecule has 0 saturated carbocycles. The van der Waals surface area contributed by atoms with Crippen LogP contribution in [0.25, 0.3) is 0 Å². The van der Waals surface area contributed by atoms with E-state index in [1.807, 2.05) is 0 Å². The molecule has 0 aliphatic rings. The number of aliphatic hydroxyl groups excluding tert-OH is 2. The van der Waals surface area contributed by atoms with E-state index in [0.717, 1.165) is 7.11 Å². The number of hydrogen-bond donors (Lipinski definition) is 3. The quantitative estimate of drug-likeness (QED) is 0.522.